The molecule has 0 aromatic carbocycles. The van der Waals surface area contributed by atoms with Crippen molar-refractivity contribution >= 4 is 22.4 Å². The number of methoxy groups -OCH3 is 1. The normalized spacial score (nSPS) is 18.4. The SMILES string of the molecule is CCN(CCOC)c1nccc2oc(-c3cnc4ccc(OC5CC(N)C5)nn34)cc12. The number of rotatable bonds is 8. The Kier molecular flexibility index (Phi) is 5.21. The van der Waals surface area contributed by atoms with Crippen LogP contribution in [-0.4, -0.2) is 58.5 Å². The quantitative estimate of drug-likeness (QED) is 0.462. The van der Waals surface area contributed by atoms with Gasteiger partial charge in [-0.15, -0.1) is 5.10 Å². The van der Waals surface area contributed by atoms with Crippen LogP contribution in [-0.2, 0) is 4.74 Å². The lowest BCUT2D eigenvalue weighted by Gasteiger charge is -2.31. The summed E-state index contributed by atoms with van der Waals surface area (Å²) in [6, 6.07) is 7.83. The van der Waals surface area contributed by atoms with Crippen LogP contribution in [0.3, 0.4) is 0 Å². The molecule has 162 valence electrons. The van der Waals surface area contributed by atoms with Crippen molar-refractivity contribution in [3.05, 3.63) is 36.7 Å². The summed E-state index contributed by atoms with van der Waals surface area (Å²) >= 11 is 0. The predicted octanol–water partition coefficient (Wildman–Crippen LogP) is 2.88. The number of likely N-dealkylation sites (N-methyl/N-ethyl adjacent to an activating group) is 1. The summed E-state index contributed by atoms with van der Waals surface area (Å²) in [5, 5.41) is 5.58. The molecule has 9 nitrogen and oxygen atoms in total. The number of anilines is 1. The number of pyridine rings is 1. The van der Waals surface area contributed by atoms with E-state index in [1.165, 1.54) is 0 Å². The first kappa shape index (κ1) is 19.8. The molecule has 4 heterocycles. The van der Waals surface area contributed by atoms with Gasteiger partial charge in [0.15, 0.2) is 11.4 Å². The average molecular weight is 422 g/mol. The molecule has 0 aliphatic heterocycles. The maximum atomic E-state index is 6.17. The van der Waals surface area contributed by atoms with Crippen LogP contribution in [0.2, 0.25) is 0 Å². The summed E-state index contributed by atoms with van der Waals surface area (Å²) < 4.78 is 19.1. The molecule has 1 fully saturated rings. The van der Waals surface area contributed by atoms with Crippen molar-refractivity contribution in [2.24, 2.45) is 5.73 Å². The van der Waals surface area contributed by atoms with E-state index < -0.39 is 0 Å². The second kappa shape index (κ2) is 8.16. The third-order valence-corrected chi connectivity index (χ3v) is 5.68. The Bertz CT molecular complexity index is 1200. The zero-order valence-electron chi connectivity index (χ0n) is 17.7. The van der Waals surface area contributed by atoms with Gasteiger partial charge in [-0.3, -0.25) is 0 Å². The van der Waals surface area contributed by atoms with Gasteiger partial charge in [0.05, 0.1) is 18.2 Å². The molecule has 0 spiro atoms. The van der Waals surface area contributed by atoms with Crippen molar-refractivity contribution in [1.29, 1.82) is 0 Å². The maximum Gasteiger partial charge on any atom is 0.232 e. The van der Waals surface area contributed by atoms with E-state index in [1.54, 1.807) is 24.0 Å². The lowest BCUT2D eigenvalue weighted by atomic mass is 9.90. The third-order valence-electron chi connectivity index (χ3n) is 5.68. The van der Waals surface area contributed by atoms with E-state index in [-0.39, 0.29) is 12.1 Å². The Morgan fingerprint density at radius 2 is 2.13 bits per heavy atom. The Morgan fingerprint density at radius 1 is 1.26 bits per heavy atom. The third kappa shape index (κ3) is 3.70. The minimum Gasteiger partial charge on any atom is -0.473 e. The molecule has 9 heteroatoms. The van der Waals surface area contributed by atoms with Crippen molar-refractivity contribution in [1.82, 2.24) is 19.6 Å². The number of nitrogens with zero attached hydrogens (tertiary/aromatic N) is 5. The number of aromatic nitrogens is 4. The lowest BCUT2D eigenvalue weighted by Crippen LogP contribution is -2.43. The maximum absolute atomic E-state index is 6.17. The highest BCUT2D eigenvalue weighted by Gasteiger charge is 2.28. The van der Waals surface area contributed by atoms with E-state index in [0.717, 1.165) is 54.1 Å². The molecule has 0 unspecified atom stereocenters. The van der Waals surface area contributed by atoms with Gasteiger partial charge in [0.25, 0.3) is 0 Å². The van der Waals surface area contributed by atoms with Gasteiger partial charge in [-0.05, 0) is 38.0 Å². The summed E-state index contributed by atoms with van der Waals surface area (Å²) in [6.45, 7) is 4.30. The van der Waals surface area contributed by atoms with Crippen LogP contribution in [0.25, 0.3) is 28.1 Å². The molecule has 0 radical (unpaired) electrons. The number of fused-ring (bicyclic) bond motifs is 2. The molecular formula is C22H26N6O3. The summed E-state index contributed by atoms with van der Waals surface area (Å²) in [4.78, 5) is 11.2. The fourth-order valence-electron chi connectivity index (χ4n) is 3.90. The minimum atomic E-state index is 0.124. The molecule has 5 rings (SSSR count). The summed E-state index contributed by atoms with van der Waals surface area (Å²) in [5.74, 6) is 2.10. The van der Waals surface area contributed by atoms with Gasteiger partial charge < -0.3 is 24.5 Å². The van der Waals surface area contributed by atoms with Gasteiger partial charge in [0.2, 0.25) is 5.88 Å². The van der Waals surface area contributed by atoms with E-state index in [9.17, 15) is 0 Å². The van der Waals surface area contributed by atoms with Gasteiger partial charge in [0, 0.05) is 38.5 Å². The number of imidazole rings is 1. The largest absolute Gasteiger partial charge is 0.473 e. The number of ether oxygens (including phenoxy) is 2. The molecule has 2 N–H and O–H groups in total. The molecule has 0 amide bonds. The van der Waals surface area contributed by atoms with Crippen LogP contribution < -0.4 is 15.4 Å². The topological polar surface area (TPSA) is 104 Å². The Morgan fingerprint density at radius 3 is 2.90 bits per heavy atom. The van der Waals surface area contributed by atoms with Crippen molar-refractivity contribution < 1.29 is 13.9 Å². The molecule has 4 aromatic heterocycles. The van der Waals surface area contributed by atoms with Crippen LogP contribution in [0.15, 0.2) is 41.1 Å². The first-order valence-electron chi connectivity index (χ1n) is 10.6. The number of hydrogen-bond donors (Lipinski definition) is 1. The van der Waals surface area contributed by atoms with Crippen LogP contribution in [0.1, 0.15) is 19.8 Å². The lowest BCUT2D eigenvalue weighted by molar-refractivity contribution is 0.0944. The molecule has 0 saturated heterocycles. The zero-order chi connectivity index (χ0) is 21.4. The van der Waals surface area contributed by atoms with Gasteiger partial charge in [-0.1, -0.05) is 0 Å². The van der Waals surface area contributed by atoms with Crippen molar-refractivity contribution in [2.45, 2.75) is 31.9 Å². The highest BCUT2D eigenvalue weighted by atomic mass is 16.5. The van der Waals surface area contributed by atoms with E-state index in [0.29, 0.717) is 18.2 Å². The van der Waals surface area contributed by atoms with E-state index in [2.05, 4.69) is 26.9 Å². The molecule has 1 aliphatic rings. The molecular weight excluding hydrogens is 396 g/mol. The van der Waals surface area contributed by atoms with Crippen LogP contribution in [0, 0.1) is 0 Å². The minimum absolute atomic E-state index is 0.124. The van der Waals surface area contributed by atoms with Gasteiger partial charge in [-0.25, -0.2) is 14.5 Å². The number of furan rings is 1. The van der Waals surface area contributed by atoms with Crippen molar-refractivity contribution in [3.63, 3.8) is 0 Å². The second-order valence-corrected chi connectivity index (χ2v) is 7.79. The Labute approximate surface area is 179 Å². The van der Waals surface area contributed by atoms with Crippen LogP contribution >= 0.6 is 0 Å². The molecule has 0 atom stereocenters. The van der Waals surface area contributed by atoms with Crippen LogP contribution in [0.4, 0.5) is 5.82 Å². The fraction of sp³-hybridized carbons (Fsp3) is 0.409. The first-order valence-corrected chi connectivity index (χ1v) is 10.6. The van der Waals surface area contributed by atoms with Gasteiger partial charge in [0.1, 0.15) is 23.2 Å². The molecule has 4 aromatic rings. The monoisotopic (exact) mass is 422 g/mol. The summed E-state index contributed by atoms with van der Waals surface area (Å²) in [5.41, 5.74) is 8.11. The molecule has 1 aliphatic carbocycles. The molecule has 1 saturated carbocycles. The fourth-order valence-corrected chi connectivity index (χ4v) is 3.90. The summed E-state index contributed by atoms with van der Waals surface area (Å²) in [7, 11) is 1.70. The molecule has 31 heavy (non-hydrogen) atoms. The zero-order valence-corrected chi connectivity index (χ0v) is 17.7. The van der Waals surface area contributed by atoms with Gasteiger partial charge >= 0.3 is 0 Å². The molecule has 0 bridgehead atoms. The Hall–Kier alpha value is -3.17. The average Bonchev–Trinajstić information content (AvgIpc) is 3.37. The summed E-state index contributed by atoms with van der Waals surface area (Å²) in [6.07, 6.45) is 5.36. The van der Waals surface area contributed by atoms with Gasteiger partial charge in [-0.2, -0.15) is 0 Å². The highest BCUT2D eigenvalue weighted by Crippen LogP contribution is 2.33. The number of nitrogens with two attached hydrogens (primary N) is 1. The highest BCUT2D eigenvalue weighted by molar-refractivity contribution is 5.91. The van der Waals surface area contributed by atoms with E-state index in [4.69, 9.17) is 19.6 Å². The first-order chi connectivity index (χ1) is 15.2. The smallest absolute Gasteiger partial charge is 0.232 e. The van der Waals surface area contributed by atoms with E-state index in [1.807, 2.05) is 24.3 Å². The van der Waals surface area contributed by atoms with Crippen molar-refractivity contribution in [2.75, 3.05) is 31.7 Å². The van der Waals surface area contributed by atoms with Crippen molar-refractivity contribution in [3.8, 4) is 17.3 Å². The van der Waals surface area contributed by atoms with Crippen LogP contribution in [0.5, 0.6) is 5.88 Å². The second-order valence-electron chi connectivity index (χ2n) is 7.79. The number of hydrogen-bond acceptors (Lipinski definition) is 8. The Balaban J connectivity index is 1.51. The standard InChI is InChI=1S/C22H26N6O3/c1-3-27(8-9-29-2)22-16-12-19(31-18(16)6-7-24-22)17-13-25-20-4-5-21(26-28(17)20)30-15-10-14(23)11-15/h4-7,12-15H,3,8-11,23H2,1-2H3. The van der Waals surface area contributed by atoms with E-state index >= 15 is 0 Å². The predicted molar refractivity (Wildman–Crippen MR) is 117 cm³/mol.